The standard InChI is InChI=1S/C25H35N3O7/c1-6-34-23(29)16-10-12-28(13-11-16)15-19-21(24(30)35-7-2)22(26-25(31)27(19)3)18-14-17(32-4)8-9-20(18)33-5/h8-9,14,16,22H,6-7,10-13,15H2,1-5H3,(H,26,31)/t22-/m1/s1. The minimum atomic E-state index is -0.783. The Morgan fingerprint density at radius 3 is 2.34 bits per heavy atom. The van der Waals surface area contributed by atoms with Gasteiger partial charge in [0.1, 0.15) is 11.5 Å². The first-order valence-corrected chi connectivity index (χ1v) is 11.9. The van der Waals surface area contributed by atoms with Crippen molar-refractivity contribution >= 4 is 18.0 Å². The number of nitrogens with one attached hydrogen (secondary N) is 1. The number of nitrogens with zero attached hydrogens (tertiary/aromatic N) is 2. The van der Waals surface area contributed by atoms with E-state index in [0.717, 1.165) is 0 Å². The van der Waals surface area contributed by atoms with Crippen LogP contribution in [0.25, 0.3) is 0 Å². The van der Waals surface area contributed by atoms with Crippen LogP contribution in [0.4, 0.5) is 4.79 Å². The van der Waals surface area contributed by atoms with Crippen LogP contribution in [0.15, 0.2) is 29.5 Å². The molecule has 0 aliphatic carbocycles. The lowest BCUT2D eigenvalue weighted by Crippen LogP contribution is -2.50. The molecule has 1 saturated heterocycles. The smallest absolute Gasteiger partial charge is 0.338 e. The number of ether oxygens (including phenoxy) is 4. The topological polar surface area (TPSA) is 107 Å². The highest BCUT2D eigenvalue weighted by atomic mass is 16.5. The van der Waals surface area contributed by atoms with Crippen LogP contribution in [-0.2, 0) is 19.1 Å². The molecule has 0 unspecified atom stereocenters. The van der Waals surface area contributed by atoms with Crippen LogP contribution >= 0.6 is 0 Å². The summed E-state index contributed by atoms with van der Waals surface area (Å²) >= 11 is 0. The number of esters is 2. The van der Waals surface area contributed by atoms with Crippen molar-refractivity contribution in [3.05, 3.63) is 35.0 Å². The molecule has 2 amide bonds. The summed E-state index contributed by atoms with van der Waals surface area (Å²) in [5.41, 5.74) is 1.49. The second kappa shape index (κ2) is 11.9. The minimum Gasteiger partial charge on any atom is -0.497 e. The molecule has 0 radical (unpaired) electrons. The maximum Gasteiger partial charge on any atom is 0.338 e. The van der Waals surface area contributed by atoms with Gasteiger partial charge in [-0.15, -0.1) is 0 Å². The average Bonchev–Trinajstić information content (AvgIpc) is 2.86. The van der Waals surface area contributed by atoms with Gasteiger partial charge >= 0.3 is 18.0 Å². The van der Waals surface area contributed by atoms with Crippen molar-refractivity contribution in [2.75, 3.05) is 54.1 Å². The first kappa shape index (κ1) is 26.3. The van der Waals surface area contributed by atoms with Gasteiger partial charge < -0.3 is 24.3 Å². The monoisotopic (exact) mass is 489 g/mol. The second-order valence-electron chi connectivity index (χ2n) is 8.43. The van der Waals surface area contributed by atoms with E-state index in [0.29, 0.717) is 67.4 Å². The first-order valence-electron chi connectivity index (χ1n) is 11.9. The number of amides is 2. The van der Waals surface area contributed by atoms with Crippen LogP contribution in [0.1, 0.15) is 38.3 Å². The molecule has 1 atom stereocenters. The summed E-state index contributed by atoms with van der Waals surface area (Å²) in [7, 11) is 4.71. The molecule has 2 aliphatic rings. The Morgan fingerprint density at radius 2 is 1.74 bits per heavy atom. The maximum absolute atomic E-state index is 13.2. The van der Waals surface area contributed by atoms with E-state index in [-0.39, 0.29) is 24.5 Å². The normalized spacial score (nSPS) is 19.3. The van der Waals surface area contributed by atoms with E-state index in [1.165, 1.54) is 12.0 Å². The predicted molar refractivity (Wildman–Crippen MR) is 128 cm³/mol. The third-order valence-corrected chi connectivity index (χ3v) is 6.40. The van der Waals surface area contributed by atoms with E-state index in [1.807, 2.05) is 0 Å². The molecule has 2 aliphatic heterocycles. The van der Waals surface area contributed by atoms with Gasteiger partial charge in [-0.3, -0.25) is 14.6 Å². The van der Waals surface area contributed by atoms with Crippen LogP contribution in [0, 0.1) is 5.92 Å². The minimum absolute atomic E-state index is 0.133. The molecule has 0 aromatic heterocycles. The Morgan fingerprint density at radius 1 is 1.06 bits per heavy atom. The number of urea groups is 1. The van der Waals surface area contributed by atoms with Crippen LogP contribution in [0.5, 0.6) is 11.5 Å². The Bertz CT molecular complexity index is 970. The summed E-state index contributed by atoms with van der Waals surface area (Å²) in [5.74, 6) is 0.270. The fourth-order valence-corrected chi connectivity index (χ4v) is 4.50. The van der Waals surface area contributed by atoms with Crippen LogP contribution in [0.3, 0.4) is 0 Å². The Labute approximate surface area is 206 Å². The van der Waals surface area contributed by atoms with Crippen molar-refractivity contribution in [2.45, 2.75) is 32.7 Å². The molecule has 10 nitrogen and oxygen atoms in total. The summed E-state index contributed by atoms with van der Waals surface area (Å²) in [4.78, 5) is 42.0. The van der Waals surface area contributed by atoms with Gasteiger partial charge in [-0.05, 0) is 58.0 Å². The van der Waals surface area contributed by atoms with Gasteiger partial charge in [-0.25, -0.2) is 9.59 Å². The molecule has 1 N–H and O–H groups in total. The number of carbonyl (C=O) groups excluding carboxylic acids is 3. The summed E-state index contributed by atoms with van der Waals surface area (Å²) in [6.07, 6.45) is 1.31. The van der Waals surface area contributed by atoms with Crippen molar-refractivity contribution < 1.29 is 33.3 Å². The van der Waals surface area contributed by atoms with E-state index in [2.05, 4.69) is 10.2 Å². The molecule has 10 heteroatoms. The zero-order valence-corrected chi connectivity index (χ0v) is 21.1. The van der Waals surface area contributed by atoms with Gasteiger partial charge in [0.05, 0.1) is 45.0 Å². The molecule has 1 aromatic carbocycles. The summed E-state index contributed by atoms with van der Waals surface area (Å²) in [6, 6.07) is 4.11. The van der Waals surface area contributed by atoms with Crippen molar-refractivity contribution in [3.63, 3.8) is 0 Å². The Kier molecular flexibility index (Phi) is 8.97. The van der Waals surface area contributed by atoms with Gasteiger partial charge in [-0.2, -0.15) is 0 Å². The highest BCUT2D eigenvalue weighted by Crippen LogP contribution is 2.38. The molecule has 3 rings (SSSR count). The van der Waals surface area contributed by atoms with Gasteiger partial charge in [0, 0.05) is 24.9 Å². The Balaban J connectivity index is 1.98. The number of rotatable bonds is 9. The predicted octanol–water partition coefficient (Wildman–Crippen LogP) is 2.49. The van der Waals surface area contributed by atoms with Gasteiger partial charge in [0.2, 0.25) is 0 Å². The summed E-state index contributed by atoms with van der Waals surface area (Å²) < 4.78 is 21.5. The number of methoxy groups -OCH3 is 2. The largest absolute Gasteiger partial charge is 0.497 e. The number of carbonyl (C=O) groups is 3. The number of piperidine rings is 1. The molecule has 1 fully saturated rings. The molecule has 192 valence electrons. The molecular weight excluding hydrogens is 454 g/mol. The molecule has 1 aromatic rings. The van der Waals surface area contributed by atoms with E-state index in [4.69, 9.17) is 18.9 Å². The van der Waals surface area contributed by atoms with Gasteiger partial charge in [-0.1, -0.05) is 0 Å². The van der Waals surface area contributed by atoms with Crippen molar-refractivity contribution in [1.82, 2.24) is 15.1 Å². The fourth-order valence-electron chi connectivity index (χ4n) is 4.50. The first-order chi connectivity index (χ1) is 16.8. The van der Waals surface area contributed by atoms with E-state index in [1.54, 1.807) is 46.2 Å². The van der Waals surface area contributed by atoms with Crippen molar-refractivity contribution in [1.29, 1.82) is 0 Å². The number of likely N-dealkylation sites (tertiary alicyclic amines) is 1. The van der Waals surface area contributed by atoms with E-state index < -0.39 is 12.0 Å². The lowest BCUT2D eigenvalue weighted by molar-refractivity contribution is -0.149. The number of benzene rings is 1. The quantitative estimate of drug-likeness (QED) is 0.528. The Hall–Kier alpha value is -3.27. The lowest BCUT2D eigenvalue weighted by Gasteiger charge is -2.38. The highest BCUT2D eigenvalue weighted by molar-refractivity contribution is 5.95. The van der Waals surface area contributed by atoms with Crippen LogP contribution in [-0.4, -0.2) is 81.9 Å². The summed E-state index contributed by atoms with van der Waals surface area (Å²) in [6.45, 7) is 5.75. The van der Waals surface area contributed by atoms with E-state index >= 15 is 0 Å². The number of hydrogen-bond acceptors (Lipinski definition) is 8. The molecule has 0 spiro atoms. The van der Waals surface area contributed by atoms with Crippen LogP contribution in [0.2, 0.25) is 0 Å². The molecular formula is C25H35N3O7. The molecule has 0 saturated carbocycles. The molecule has 0 bridgehead atoms. The number of hydrogen-bond donors (Lipinski definition) is 1. The summed E-state index contributed by atoms with van der Waals surface area (Å²) in [5, 5.41) is 2.91. The van der Waals surface area contributed by atoms with Gasteiger partial charge in [0.15, 0.2) is 0 Å². The maximum atomic E-state index is 13.2. The van der Waals surface area contributed by atoms with Crippen LogP contribution < -0.4 is 14.8 Å². The van der Waals surface area contributed by atoms with Gasteiger partial charge in [0.25, 0.3) is 0 Å². The average molecular weight is 490 g/mol. The zero-order chi connectivity index (χ0) is 25.5. The number of likely N-dealkylation sites (N-methyl/N-ethyl adjacent to an activating group) is 1. The molecule has 35 heavy (non-hydrogen) atoms. The highest BCUT2D eigenvalue weighted by Gasteiger charge is 2.39. The van der Waals surface area contributed by atoms with Crippen molar-refractivity contribution in [3.8, 4) is 11.5 Å². The third-order valence-electron chi connectivity index (χ3n) is 6.40. The fraction of sp³-hybridized carbons (Fsp3) is 0.560. The zero-order valence-electron chi connectivity index (χ0n) is 21.1. The van der Waals surface area contributed by atoms with E-state index in [9.17, 15) is 14.4 Å². The second-order valence-corrected chi connectivity index (χ2v) is 8.43. The van der Waals surface area contributed by atoms with Crippen molar-refractivity contribution in [2.24, 2.45) is 5.92 Å². The third kappa shape index (κ3) is 5.87. The lowest BCUT2D eigenvalue weighted by atomic mass is 9.92. The molecule has 2 heterocycles. The SMILES string of the molecule is CCOC(=O)C1=C(CN2CCC(C(=O)OCC)CC2)N(C)C(=O)N[C@@H]1c1cc(OC)ccc1OC.